The molecule has 8 heteroatoms. The van der Waals surface area contributed by atoms with E-state index in [4.69, 9.17) is 4.98 Å². The number of hydrogen-bond donors (Lipinski definition) is 4. The largest absolute Gasteiger partial charge is 0.508 e. The zero-order chi connectivity index (χ0) is 22.9. The van der Waals surface area contributed by atoms with Crippen LogP contribution in [0.15, 0.2) is 48.7 Å². The van der Waals surface area contributed by atoms with Crippen LogP contribution in [0.5, 0.6) is 5.75 Å². The molecule has 0 unspecified atom stereocenters. The van der Waals surface area contributed by atoms with Crippen LogP contribution in [0.25, 0.3) is 39.1 Å². The maximum atomic E-state index is 12.0. The number of aromatic nitrogens is 4. The van der Waals surface area contributed by atoms with E-state index in [0.29, 0.717) is 18.9 Å². The number of hydrogen-bond acceptors (Lipinski definition) is 4. The Morgan fingerprint density at radius 3 is 2.94 bits per heavy atom. The number of fused-ring (bicyclic) bond motifs is 1. The van der Waals surface area contributed by atoms with Crippen molar-refractivity contribution in [2.24, 2.45) is 0 Å². The second-order valence-electron chi connectivity index (χ2n) is 8.16. The van der Waals surface area contributed by atoms with E-state index in [0.717, 1.165) is 57.4 Å². The van der Waals surface area contributed by atoms with Crippen LogP contribution in [0, 0.1) is 0 Å². The number of phenolic OH excluding ortho intramolecular Hbond substituents is 1. The molecule has 0 saturated heterocycles. The van der Waals surface area contributed by atoms with E-state index in [-0.39, 0.29) is 11.8 Å². The molecule has 4 N–H and O–H groups in total. The Labute approximate surface area is 191 Å². The van der Waals surface area contributed by atoms with Crippen LogP contribution < -0.4 is 5.32 Å². The first kappa shape index (κ1) is 20.8. The highest BCUT2D eigenvalue weighted by Gasteiger charge is 2.20. The zero-order valence-electron chi connectivity index (χ0n) is 18.6. The standard InChI is InChI=1S/C25H26N6O2/c1-3-15-11-18(32)7-9-19(15)16-6-8-20-21(12-16)29-30-23(20)24-27-13-22(28-24)17-5-4-10-31(14-17)25(33)26-2/h5-9,11-13,32H,3-4,10,14H2,1-2H3,(H,26,33)(H,27,28)(H,29,30). The monoisotopic (exact) mass is 442 g/mol. The number of aryl methyl sites for hydroxylation is 1. The summed E-state index contributed by atoms with van der Waals surface area (Å²) in [5, 5.41) is 21.1. The molecule has 0 spiro atoms. The van der Waals surface area contributed by atoms with Crippen LogP contribution in [-0.2, 0) is 6.42 Å². The van der Waals surface area contributed by atoms with E-state index in [1.165, 1.54) is 0 Å². The molecule has 0 atom stereocenters. The Bertz CT molecular complexity index is 1370. The number of imidazole rings is 1. The minimum Gasteiger partial charge on any atom is -0.508 e. The summed E-state index contributed by atoms with van der Waals surface area (Å²) in [5.41, 5.74) is 6.77. The molecule has 168 valence electrons. The normalized spacial score (nSPS) is 13.9. The third kappa shape index (κ3) is 3.84. The lowest BCUT2D eigenvalue weighted by atomic mass is 9.97. The van der Waals surface area contributed by atoms with Crippen molar-refractivity contribution >= 4 is 22.5 Å². The topological polar surface area (TPSA) is 110 Å². The number of amides is 2. The van der Waals surface area contributed by atoms with Crippen molar-refractivity contribution in [3.63, 3.8) is 0 Å². The van der Waals surface area contributed by atoms with Crippen LogP contribution >= 0.6 is 0 Å². The van der Waals surface area contributed by atoms with Gasteiger partial charge in [0.25, 0.3) is 0 Å². The molecule has 1 aliphatic rings. The predicted octanol–water partition coefficient (Wildman–Crippen LogP) is 4.32. The summed E-state index contributed by atoms with van der Waals surface area (Å²) in [7, 11) is 1.64. The second-order valence-corrected chi connectivity index (χ2v) is 8.16. The number of nitrogens with zero attached hydrogens (tertiary/aromatic N) is 3. The first-order chi connectivity index (χ1) is 16.1. The summed E-state index contributed by atoms with van der Waals surface area (Å²) >= 11 is 0. The van der Waals surface area contributed by atoms with Gasteiger partial charge in [0.1, 0.15) is 11.4 Å². The minimum absolute atomic E-state index is 0.0784. The fraction of sp³-hybridized carbons (Fsp3) is 0.240. The molecule has 2 amide bonds. The first-order valence-electron chi connectivity index (χ1n) is 11.1. The van der Waals surface area contributed by atoms with Gasteiger partial charge in [-0.2, -0.15) is 5.10 Å². The molecule has 33 heavy (non-hydrogen) atoms. The predicted molar refractivity (Wildman–Crippen MR) is 129 cm³/mol. The molecule has 1 aliphatic heterocycles. The van der Waals surface area contributed by atoms with Gasteiger partial charge in [-0.05, 0) is 59.4 Å². The molecular formula is C25H26N6O2. The third-order valence-electron chi connectivity index (χ3n) is 6.13. The maximum Gasteiger partial charge on any atom is 0.317 e. The van der Waals surface area contributed by atoms with Crippen LogP contribution in [0.1, 0.15) is 24.6 Å². The molecular weight excluding hydrogens is 416 g/mol. The smallest absolute Gasteiger partial charge is 0.317 e. The number of phenols is 1. The van der Waals surface area contributed by atoms with Gasteiger partial charge in [0.2, 0.25) is 0 Å². The maximum absolute atomic E-state index is 12.0. The van der Waals surface area contributed by atoms with Gasteiger partial charge in [0.05, 0.1) is 11.2 Å². The zero-order valence-corrected chi connectivity index (χ0v) is 18.6. The van der Waals surface area contributed by atoms with E-state index in [2.05, 4.69) is 45.6 Å². The van der Waals surface area contributed by atoms with Gasteiger partial charge < -0.3 is 20.3 Å². The second kappa shape index (κ2) is 8.46. The highest BCUT2D eigenvalue weighted by atomic mass is 16.3. The molecule has 2 aromatic heterocycles. The summed E-state index contributed by atoms with van der Waals surface area (Å²) in [6, 6.07) is 11.6. The lowest BCUT2D eigenvalue weighted by Gasteiger charge is -2.26. The Hall–Kier alpha value is -4.07. The summed E-state index contributed by atoms with van der Waals surface area (Å²) in [6.07, 6.45) is 5.64. The molecule has 0 aliphatic carbocycles. The highest BCUT2D eigenvalue weighted by Crippen LogP contribution is 2.32. The first-order valence-corrected chi connectivity index (χ1v) is 11.1. The summed E-state index contributed by atoms with van der Waals surface area (Å²) in [6.45, 7) is 3.31. The molecule has 0 saturated carbocycles. The van der Waals surface area contributed by atoms with Crippen molar-refractivity contribution < 1.29 is 9.90 Å². The van der Waals surface area contributed by atoms with Crippen molar-refractivity contribution in [3.8, 4) is 28.4 Å². The molecule has 2 aromatic carbocycles. The number of carbonyl (C=O) groups is 1. The fourth-order valence-corrected chi connectivity index (χ4v) is 4.39. The number of rotatable bonds is 4. The fourth-order valence-electron chi connectivity index (χ4n) is 4.39. The Kier molecular flexibility index (Phi) is 5.34. The number of benzene rings is 2. The van der Waals surface area contributed by atoms with Gasteiger partial charge in [-0.1, -0.05) is 25.1 Å². The van der Waals surface area contributed by atoms with Gasteiger partial charge in [0.15, 0.2) is 5.82 Å². The summed E-state index contributed by atoms with van der Waals surface area (Å²) in [4.78, 5) is 21.8. The molecule has 4 aromatic rings. The summed E-state index contributed by atoms with van der Waals surface area (Å²) < 4.78 is 0. The molecule has 8 nitrogen and oxygen atoms in total. The molecule has 0 bridgehead atoms. The van der Waals surface area contributed by atoms with Crippen molar-refractivity contribution in [1.29, 1.82) is 0 Å². The Morgan fingerprint density at radius 2 is 2.12 bits per heavy atom. The average Bonchev–Trinajstić information content (AvgIpc) is 3.50. The van der Waals surface area contributed by atoms with Gasteiger partial charge in [0, 0.05) is 31.7 Å². The van der Waals surface area contributed by atoms with Gasteiger partial charge in [-0.25, -0.2) is 9.78 Å². The van der Waals surface area contributed by atoms with Crippen molar-refractivity contribution in [2.75, 3.05) is 20.1 Å². The highest BCUT2D eigenvalue weighted by molar-refractivity contribution is 5.94. The molecule has 0 radical (unpaired) electrons. The van der Waals surface area contributed by atoms with Crippen LogP contribution in [0.2, 0.25) is 0 Å². The molecule has 3 heterocycles. The number of aromatic hydroxyl groups is 1. The van der Waals surface area contributed by atoms with Crippen LogP contribution in [-0.4, -0.2) is 56.3 Å². The lowest BCUT2D eigenvalue weighted by Crippen LogP contribution is -2.41. The van der Waals surface area contributed by atoms with E-state index in [1.54, 1.807) is 18.0 Å². The molecule has 0 fully saturated rings. The van der Waals surface area contributed by atoms with Gasteiger partial charge in [-0.15, -0.1) is 0 Å². The molecule has 5 rings (SSSR count). The minimum atomic E-state index is -0.0784. The number of aromatic amines is 2. The van der Waals surface area contributed by atoms with Crippen molar-refractivity contribution in [3.05, 3.63) is 59.9 Å². The quantitative estimate of drug-likeness (QED) is 0.377. The third-order valence-corrected chi connectivity index (χ3v) is 6.13. The van der Waals surface area contributed by atoms with Crippen molar-refractivity contribution in [1.82, 2.24) is 30.4 Å². The lowest BCUT2D eigenvalue weighted by molar-refractivity contribution is 0.206. The Morgan fingerprint density at radius 1 is 1.24 bits per heavy atom. The van der Waals surface area contributed by atoms with Crippen LogP contribution in [0.3, 0.4) is 0 Å². The number of urea groups is 1. The van der Waals surface area contributed by atoms with Gasteiger partial charge >= 0.3 is 6.03 Å². The SMILES string of the molecule is CCc1cc(O)ccc1-c1ccc2c(-c3nc(C4=CCCN(C(=O)NC)C4)c[nH]3)n[nH]c2c1. The van der Waals surface area contributed by atoms with Crippen molar-refractivity contribution in [2.45, 2.75) is 19.8 Å². The van der Waals surface area contributed by atoms with E-state index >= 15 is 0 Å². The number of carbonyl (C=O) groups excluding carboxylic acids is 1. The van der Waals surface area contributed by atoms with Gasteiger partial charge in [-0.3, -0.25) is 5.10 Å². The summed E-state index contributed by atoms with van der Waals surface area (Å²) in [5.74, 6) is 0.960. The van der Waals surface area contributed by atoms with E-state index < -0.39 is 0 Å². The van der Waals surface area contributed by atoms with Crippen LogP contribution in [0.4, 0.5) is 4.79 Å². The van der Waals surface area contributed by atoms with E-state index in [9.17, 15) is 9.90 Å². The average molecular weight is 443 g/mol. The number of nitrogens with one attached hydrogen (secondary N) is 3. The number of H-pyrrole nitrogens is 2. The van der Waals surface area contributed by atoms with E-state index in [1.807, 2.05) is 24.4 Å². The Balaban J connectivity index is 1.45.